The van der Waals surface area contributed by atoms with E-state index in [1.165, 1.54) is 0 Å². The molecule has 0 spiro atoms. The summed E-state index contributed by atoms with van der Waals surface area (Å²) in [4.78, 5) is 18.6. The van der Waals surface area contributed by atoms with Gasteiger partial charge in [-0.15, -0.1) is 0 Å². The van der Waals surface area contributed by atoms with Crippen molar-refractivity contribution >= 4 is 5.91 Å². The van der Waals surface area contributed by atoms with E-state index in [4.69, 9.17) is 9.26 Å². The zero-order valence-electron chi connectivity index (χ0n) is 13.5. The number of hydrogen-bond donors (Lipinski definition) is 0. The van der Waals surface area contributed by atoms with Crippen molar-refractivity contribution in [3.8, 4) is 17.1 Å². The summed E-state index contributed by atoms with van der Waals surface area (Å²) in [5, 5.41) is 4.07. The summed E-state index contributed by atoms with van der Waals surface area (Å²) in [5.74, 6) is 1.95. The first kappa shape index (κ1) is 15.5. The molecule has 1 fully saturated rings. The van der Waals surface area contributed by atoms with Crippen LogP contribution in [-0.2, 0) is 4.79 Å². The summed E-state index contributed by atoms with van der Waals surface area (Å²) in [6, 6.07) is 7.43. The van der Waals surface area contributed by atoms with Crippen molar-refractivity contribution in [1.29, 1.82) is 0 Å². The molecule has 1 aromatic heterocycles. The fourth-order valence-corrected chi connectivity index (χ4v) is 2.93. The minimum absolute atomic E-state index is 0.0964. The van der Waals surface area contributed by atoms with Crippen molar-refractivity contribution in [3.05, 3.63) is 30.2 Å². The zero-order chi connectivity index (χ0) is 16.2. The highest BCUT2D eigenvalue weighted by Gasteiger charge is 2.33. The molecule has 1 amide bonds. The van der Waals surface area contributed by atoms with Crippen LogP contribution < -0.4 is 4.74 Å². The molecule has 6 heteroatoms. The molecule has 1 aliphatic rings. The molecule has 23 heavy (non-hydrogen) atoms. The highest BCUT2D eigenvalue weighted by atomic mass is 16.5. The maximum atomic E-state index is 12.2. The van der Waals surface area contributed by atoms with E-state index in [2.05, 4.69) is 10.1 Å². The first-order valence-electron chi connectivity index (χ1n) is 8.00. The Morgan fingerprint density at radius 2 is 2.35 bits per heavy atom. The Labute approximate surface area is 135 Å². The van der Waals surface area contributed by atoms with Gasteiger partial charge < -0.3 is 14.2 Å². The van der Waals surface area contributed by atoms with Crippen LogP contribution in [0, 0.1) is 0 Å². The van der Waals surface area contributed by atoms with Crippen LogP contribution in [0.2, 0.25) is 0 Å². The van der Waals surface area contributed by atoms with E-state index in [0.717, 1.165) is 37.1 Å². The standard InChI is InChI=1S/C17H21N3O3/c1-3-6-15(21)20-10-5-9-14(20)17-18-16(19-23-17)12-7-4-8-13(11-12)22-2/h4,7-8,11,14H,3,5-6,9-10H2,1-2H3/t14-/m1/s1. The number of benzene rings is 1. The van der Waals surface area contributed by atoms with Gasteiger partial charge in [-0.25, -0.2) is 0 Å². The molecule has 0 radical (unpaired) electrons. The van der Waals surface area contributed by atoms with Crippen molar-refractivity contribution in [2.45, 2.75) is 38.6 Å². The lowest BCUT2D eigenvalue weighted by Crippen LogP contribution is -2.30. The number of amides is 1. The molecule has 0 aliphatic carbocycles. The van der Waals surface area contributed by atoms with Gasteiger partial charge in [-0.2, -0.15) is 4.98 Å². The van der Waals surface area contributed by atoms with Crippen LogP contribution in [0.3, 0.4) is 0 Å². The lowest BCUT2D eigenvalue weighted by atomic mass is 10.2. The molecule has 0 saturated carbocycles. The van der Waals surface area contributed by atoms with E-state index < -0.39 is 0 Å². The Morgan fingerprint density at radius 1 is 1.48 bits per heavy atom. The van der Waals surface area contributed by atoms with Crippen molar-refractivity contribution < 1.29 is 14.1 Å². The molecule has 0 unspecified atom stereocenters. The second-order valence-electron chi connectivity index (χ2n) is 5.68. The van der Waals surface area contributed by atoms with Crippen LogP contribution >= 0.6 is 0 Å². The quantitative estimate of drug-likeness (QED) is 0.847. The average molecular weight is 315 g/mol. The molecule has 1 aromatic carbocycles. The van der Waals surface area contributed by atoms with Gasteiger partial charge >= 0.3 is 0 Å². The second kappa shape index (κ2) is 6.81. The normalized spacial score (nSPS) is 17.5. The predicted octanol–water partition coefficient (Wildman–Crippen LogP) is 3.21. The number of rotatable bonds is 5. The van der Waals surface area contributed by atoms with Crippen molar-refractivity contribution in [3.63, 3.8) is 0 Å². The molecule has 2 aromatic rings. The van der Waals surface area contributed by atoms with E-state index in [1.54, 1.807) is 7.11 Å². The van der Waals surface area contributed by atoms with E-state index in [9.17, 15) is 4.79 Å². The smallest absolute Gasteiger partial charge is 0.249 e. The Balaban J connectivity index is 1.82. The Kier molecular flexibility index (Phi) is 4.60. The highest BCUT2D eigenvalue weighted by Crippen LogP contribution is 2.33. The first-order chi connectivity index (χ1) is 11.2. The lowest BCUT2D eigenvalue weighted by Gasteiger charge is -2.21. The highest BCUT2D eigenvalue weighted by molar-refractivity contribution is 5.76. The van der Waals surface area contributed by atoms with Crippen LogP contribution in [0.25, 0.3) is 11.4 Å². The number of hydrogen-bond acceptors (Lipinski definition) is 5. The van der Waals surface area contributed by atoms with Gasteiger partial charge in [0.05, 0.1) is 7.11 Å². The van der Waals surface area contributed by atoms with Gasteiger partial charge in [0.1, 0.15) is 11.8 Å². The molecular formula is C17H21N3O3. The van der Waals surface area contributed by atoms with Crippen molar-refractivity contribution in [2.24, 2.45) is 0 Å². The number of carbonyl (C=O) groups is 1. The Hall–Kier alpha value is -2.37. The minimum Gasteiger partial charge on any atom is -0.497 e. The van der Waals surface area contributed by atoms with Crippen LogP contribution in [0.1, 0.15) is 44.5 Å². The summed E-state index contributed by atoms with van der Waals surface area (Å²) in [6.45, 7) is 2.77. The number of likely N-dealkylation sites (tertiary alicyclic amines) is 1. The van der Waals surface area contributed by atoms with Crippen LogP contribution in [0.15, 0.2) is 28.8 Å². The zero-order valence-corrected chi connectivity index (χ0v) is 13.5. The number of aromatic nitrogens is 2. The minimum atomic E-state index is -0.0964. The SMILES string of the molecule is CCCC(=O)N1CCC[C@@H]1c1nc(-c2cccc(OC)c2)no1. The predicted molar refractivity (Wildman–Crippen MR) is 84.9 cm³/mol. The number of ether oxygens (including phenoxy) is 1. The number of carbonyl (C=O) groups excluding carboxylic acids is 1. The third kappa shape index (κ3) is 3.21. The fourth-order valence-electron chi connectivity index (χ4n) is 2.93. The van der Waals surface area contributed by atoms with E-state index >= 15 is 0 Å². The fraction of sp³-hybridized carbons (Fsp3) is 0.471. The first-order valence-corrected chi connectivity index (χ1v) is 8.00. The summed E-state index contributed by atoms with van der Waals surface area (Å²) >= 11 is 0. The summed E-state index contributed by atoms with van der Waals surface area (Å²) < 4.78 is 10.7. The third-order valence-corrected chi connectivity index (χ3v) is 4.09. The molecule has 122 valence electrons. The topological polar surface area (TPSA) is 68.5 Å². The third-order valence-electron chi connectivity index (χ3n) is 4.09. The molecule has 1 atom stereocenters. The van der Waals surface area contributed by atoms with Gasteiger partial charge in [-0.3, -0.25) is 4.79 Å². The van der Waals surface area contributed by atoms with E-state index in [1.807, 2.05) is 36.1 Å². The van der Waals surface area contributed by atoms with E-state index in [-0.39, 0.29) is 11.9 Å². The summed E-state index contributed by atoms with van der Waals surface area (Å²) in [6.07, 6.45) is 3.25. The molecule has 1 saturated heterocycles. The maximum absolute atomic E-state index is 12.2. The maximum Gasteiger partial charge on any atom is 0.249 e. The molecule has 6 nitrogen and oxygen atoms in total. The van der Waals surface area contributed by atoms with Gasteiger partial charge in [0.25, 0.3) is 0 Å². The monoisotopic (exact) mass is 315 g/mol. The molecule has 1 aliphatic heterocycles. The average Bonchev–Trinajstić information content (AvgIpc) is 3.24. The van der Waals surface area contributed by atoms with Gasteiger partial charge in [0.2, 0.25) is 17.6 Å². The lowest BCUT2D eigenvalue weighted by molar-refractivity contribution is -0.132. The summed E-state index contributed by atoms with van der Waals surface area (Å²) in [5.41, 5.74) is 0.837. The van der Waals surface area contributed by atoms with Gasteiger partial charge in [-0.1, -0.05) is 24.2 Å². The molecule has 2 heterocycles. The van der Waals surface area contributed by atoms with Crippen molar-refractivity contribution in [1.82, 2.24) is 15.0 Å². The van der Waals surface area contributed by atoms with Crippen molar-refractivity contribution in [2.75, 3.05) is 13.7 Å². The van der Waals surface area contributed by atoms with Gasteiger partial charge in [-0.05, 0) is 31.4 Å². The molecule has 3 rings (SSSR count). The number of nitrogens with zero attached hydrogens (tertiary/aromatic N) is 3. The Morgan fingerprint density at radius 3 is 3.13 bits per heavy atom. The van der Waals surface area contributed by atoms with E-state index in [0.29, 0.717) is 18.1 Å². The molecule has 0 N–H and O–H groups in total. The second-order valence-corrected chi connectivity index (χ2v) is 5.68. The van der Waals surface area contributed by atoms with Crippen LogP contribution in [0.4, 0.5) is 0 Å². The Bertz CT molecular complexity index is 683. The van der Waals surface area contributed by atoms with Crippen LogP contribution in [0.5, 0.6) is 5.75 Å². The largest absolute Gasteiger partial charge is 0.497 e. The van der Waals surface area contributed by atoms with Gasteiger partial charge in [0, 0.05) is 18.5 Å². The van der Waals surface area contributed by atoms with Gasteiger partial charge in [0.15, 0.2) is 0 Å². The number of methoxy groups -OCH3 is 1. The summed E-state index contributed by atoms with van der Waals surface area (Å²) in [7, 11) is 1.62. The molecule has 0 bridgehead atoms. The van der Waals surface area contributed by atoms with Crippen LogP contribution in [-0.4, -0.2) is 34.6 Å². The molecular weight excluding hydrogens is 294 g/mol.